The number of hydrogen-bond acceptors (Lipinski definition) is 4. The van der Waals surface area contributed by atoms with Crippen molar-refractivity contribution in [1.82, 2.24) is 9.55 Å². The van der Waals surface area contributed by atoms with Gasteiger partial charge in [-0.25, -0.2) is 4.57 Å². The smallest absolute Gasteiger partial charge is 0.288 e. The Morgan fingerprint density at radius 3 is 1.40 bits per heavy atom. The average Bonchev–Trinajstić information content (AvgIpc) is 3.28. The van der Waals surface area contributed by atoms with Gasteiger partial charge in [0, 0.05) is 0 Å². The van der Waals surface area contributed by atoms with Crippen LogP contribution < -0.4 is 22.2 Å². The summed E-state index contributed by atoms with van der Waals surface area (Å²) >= 11 is 0. The average molecular weight is 560 g/mol. The van der Waals surface area contributed by atoms with Crippen LogP contribution in [-0.2, 0) is 5.41 Å². The second-order valence-electron chi connectivity index (χ2n) is 9.74. The van der Waals surface area contributed by atoms with E-state index in [2.05, 4.69) is 0 Å². The molecule has 40 heavy (non-hydrogen) atoms. The fourth-order valence-corrected chi connectivity index (χ4v) is 5.10. The third-order valence-corrected chi connectivity index (χ3v) is 7.16. The van der Waals surface area contributed by atoms with Crippen LogP contribution in [0.5, 0.6) is 0 Å². The van der Waals surface area contributed by atoms with Gasteiger partial charge in [-0.2, -0.15) is 26.3 Å². The summed E-state index contributed by atoms with van der Waals surface area (Å²) in [4.78, 5) is 52.0. The summed E-state index contributed by atoms with van der Waals surface area (Å²) in [5.74, 6) is -0.132. The summed E-state index contributed by atoms with van der Waals surface area (Å²) < 4.78 is 87.5. The SMILES string of the molecule is CC(C)c1ccc(C(c2ccc(-n3c(=O)c4cc5c(=O)[nH]c(=O)c5cc4c3=O)cc2)(C(F)(F)F)C(F)(F)F)cc1. The topological polar surface area (TPSA) is 89.0 Å². The molecular formula is C28H18F6N2O4. The minimum atomic E-state index is -5.81. The highest BCUT2D eigenvalue weighted by atomic mass is 19.4. The van der Waals surface area contributed by atoms with Gasteiger partial charge in [0.15, 0.2) is 0 Å². The van der Waals surface area contributed by atoms with Crippen molar-refractivity contribution in [2.24, 2.45) is 0 Å². The number of nitrogens with zero attached hydrogens (tertiary/aromatic N) is 1. The van der Waals surface area contributed by atoms with E-state index < -0.39 is 51.1 Å². The third-order valence-electron chi connectivity index (χ3n) is 7.16. The Morgan fingerprint density at radius 2 is 1.02 bits per heavy atom. The van der Waals surface area contributed by atoms with Crippen molar-refractivity contribution < 1.29 is 26.3 Å². The van der Waals surface area contributed by atoms with Gasteiger partial charge in [-0.15, -0.1) is 0 Å². The molecule has 0 fully saturated rings. The van der Waals surface area contributed by atoms with Gasteiger partial charge in [0.05, 0.1) is 27.2 Å². The van der Waals surface area contributed by atoms with Gasteiger partial charge in [0.25, 0.3) is 22.2 Å². The molecule has 12 heteroatoms. The van der Waals surface area contributed by atoms with Crippen molar-refractivity contribution in [3.8, 4) is 5.69 Å². The van der Waals surface area contributed by atoms with Crippen molar-refractivity contribution in [1.29, 1.82) is 0 Å². The molecule has 0 aliphatic carbocycles. The highest BCUT2D eigenvalue weighted by Crippen LogP contribution is 2.56. The quantitative estimate of drug-likeness (QED) is 0.315. The van der Waals surface area contributed by atoms with Crippen LogP contribution in [0.4, 0.5) is 26.3 Å². The van der Waals surface area contributed by atoms with E-state index in [4.69, 9.17) is 0 Å². The van der Waals surface area contributed by atoms with Crippen LogP contribution in [0.2, 0.25) is 0 Å². The van der Waals surface area contributed by atoms with Crippen molar-refractivity contribution in [2.75, 3.05) is 0 Å². The van der Waals surface area contributed by atoms with Crippen molar-refractivity contribution >= 4 is 21.5 Å². The Balaban J connectivity index is 1.72. The molecule has 0 saturated heterocycles. The maximum absolute atomic E-state index is 14.5. The van der Waals surface area contributed by atoms with E-state index in [-0.39, 0.29) is 33.2 Å². The molecule has 1 N–H and O–H groups in total. The first-order valence-electron chi connectivity index (χ1n) is 11.9. The molecule has 0 bridgehead atoms. The lowest BCUT2D eigenvalue weighted by Crippen LogP contribution is -2.54. The molecule has 206 valence electrons. The van der Waals surface area contributed by atoms with Crippen molar-refractivity contribution in [3.63, 3.8) is 0 Å². The largest absolute Gasteiger partial charge is 0.411 e. The highest BCUT2D eigenvalue weighted by molar-refractivity contribution is 5.97. The molecule has 5 aromatic rings. The van der Waals surface area contributed by atoms with Crippen LogP contribution in [0.15, 0.2) is 79.8 Å². The van der Waals surface area contributed by atoms with E-state index >= 15 is 0 Å². The zero-order valence-electron chi connectivity index (χ0n) is 20.7. The fraction of sp³-hybridized carbons (Fsp3) is 0.214. The number of aromatic amines is 1. The number of fused-ring (bicyclic) bond motifs is 2. The van der Waals surface area contributed by atoms with E-state index in [1.807, 2.05) is 4.98 Å². The van der Waals surface area contributed by atoms with Gasteiger partial charge in [0.1, 0.15) is 0 Å². The minimum absolute atomic E-state index is 0.132. The summed E-state index contributed by atoms with van der Waals surface area (Å²) in [5, 5.41) is -0.734. The van der Waals surface area contributed by atoms with Crippen LogP contribution in [-0.4, -0.2) is 21.9 Å². The number of H-pyrrole nitrogens is 1. The first-order chi connectivity index (χ1) is 18.6. The predicted molar refractivity (Wildman–Crippen MR) is 136 cm³/mol. The number of rotatable bonds is 4. The standard InChI is InChI=1S/C28H18F6N2O4/c1-13(2)14-3-5-15(6-4-14)26(27(29,30)31,28(32,33)34)16-7-9-17(10-8-16)36-24(39)20-11-18-19(12-21(20)25(36)40)23(38)35-22(18)37/h3-13H,1-2H3,(H,35,37,38). The van der Waals surface area contributed by atoms with Crippen LogP contribution >= 0.6 is 0 Å². The van der Waals surface area contributed by atoms with Crippen molar-refractivity contribution in [2.45, 2.75) is 37.5 Å². The van der Waals surface area contributed by atoms with Gasteiger partial charge in [-0.3, -0.25) is 24.2 Å². The van der Waals surface area contributed by atoms with Gasteiger partial charge >= 0.3 is 12.4 Å². The van der Waals surface area contributed by atoms with E-state index in [0.29, 0.717) is 22.3 Å². The number of benzene rings is 3. The molecule has 0 atom stereocenters. The van der Waals surface area contributed by atoms with E-state index in [1.54, 1.807) is 13.8 Å². The summed E-state index contributed by atoms with van der Waals surface area (Å²) in [5.41, 5.74) is -9.80. The maximum Gasteiger partial charge on any atom is 0.411 e. The van der Waals surface area contributed by atoms with Crippen LogP contribution in [0.25, 0.3) is 27.2 Å². The van der Waals surface area contributed by atoms with Crippen LogP contribution in [0.1, 0.15) is 36.5 Å². The number of alkyl halides is 6. The second kappa shape index (κ2) is 8.77. The molecular weight excluding hydrogens is 542 g/mol. The van der Waals surface area contributed by atoms with Crippen molar-refractivity contribution in [3.05, 3.63) is 119 Å². The second-order valence-corrected chi connectivity index (χ2v) is 9.74. The predicted octanol–water partition coefficient (Wildman–Crippen LogP) is 4.96. The molecule has 0 radical (unpaired) electrons. The minimum Gasteiger partial charge on any atom is -0.288 e. The van der Waals surface area contributed by atoms with Gasteiger partial charge in [-0.1, -0.05) is 50.2 Å². The van der Waals surface area contributed by atoms with E-state index in [0.717, 1.165) is 36.4 Å². The normalized spacial score (nSPS) is 13.1. The summed E-state index contributed by atoms with van der Waals surface area (Å²) in [6, 6.07) is 8.91. The number of aromatic nitrogens is 2. The Bertz CT molecular complexity index is 1880. The van der Waals surface area contributed by atoms with Gasteiger partial charge in [-0.05, 0) is 46.9 Å². The fourth-order valence-electron chi connectivity index (χ4n) is 5.10. The van der Waals surface area contributed by atoms with Crippen LogP contribution in [0, 0.1) is 0 Å². The maximum atomic E-state index is 14.5. The number of nitrogens with one attached hydrogen (secondary N) is 1. The van der Waals surface area contributed by atoms with E-state index in [1.165, 1.54) is 12.1 Å². The summed E-state index contributed by atoms with van der Waals surface area (Å²) in [7, 11) is 0. The highest BCUT2D eigenvalue weighted by Gasteiger charge is 2.72. The van der Waals surface area contributed by atoms with Gasteiger partial charge < -0.3 is 0 Å². The Kier molecular flexibility index (Phi) is 5.94. The Morgan fingerprint density at radius 1 is 0.625 bits per heavy atom. The zero-order chi connectivity index (χ0) is 29.4. The molecule has 6 nitrogen and oxygen atoms in total. The molecule has 0 aliphatic rings. The monoisotopic (exact) mass is 560 g/mol. The number of halogens is 6. The third kappa shape index (κ3) is 3.73. The van der Waals surface area contributed by atoms with Gasteiger partial charge in [0.2, 0.25) is 5.41 Å². The molecule has 3 aromatic carbocycles. The molecule has 2 aromatic heterocycles. The Labute approximate surface area is 219 Å². The molecule has 0 unspecified atom stereocenters. The molecule has 2 heterocycles. The summed E-state index contributed by atoms with van der Waals surface area (Å²) in [6.07, 6.45) is -11.6. The number of hydrogen-bond donors (Lipinski definition) is 1. The Hall–Kier alpha value is -4.48. The lowest BCUT2D eigenvalue weighted by atomic mass is 9.72. The molecule has 0 spiro atoms. The molecule has 0 amide bonds. The van der Waals surface area contributed by atoms with Crippen LogP contribution in [0.3, 0.4) is 0 Å². The molecule has 5 rings (SSSR count). The summed E-state index contributed by atoms with van der Waals surface area (Å²) in [6.45, 7) is 3.49. The lowest BCUT2D eigenvalue weighted by Gasteiger charge is -2.38. The first-order valence-corrected chi connectivity index (χ1v) is 11.9. The molecule has 0 aliphatic heterocycles. The van der Waals surface area contributed by atoms with E-state index in [9.17, 15) is 45.5 Å². The first kappa shape index (κ1) is 27.1. The lowest BCUT2D eigenvalue weighted by molar-refractivity contribution is -0.288. The zero-order valence-corrected chi connectivity index (χ0v) is 20.7. The molecule has 0 saturated carbocycles.